The molecule has 100 valence electrons. The third kappa shape index (κ3) is 1.33. The molecule has 1 aliphatic carbocycles. The summed E-state index contributed by atoms with van der Waals surface area (Å²) >= 11 is 0. The number of aromatic nitrogens is 2. The molecule has 2 aromatic heterocycles. The lowest BCUT2D eigenvalue weighted by atomic mass is 9.84. The smallest absolute Gasteiger partial charge is 0.104 e. The fourth-order valence-electron chi connectivity index (χ4n) is 3.53. The number of rotatable bonds is 0. The molecule has 1 unspecified atom stereocenters. The van der Waals surface area contributed by atoms with Gasteiger partial charge in [0.05, 0.1) is 11.1 Å². The Balaban J connectivity index is 2.00. The first-order valence-electron chi connectivity index (χ1n) is 7.11. The second-order valence-corrected chi connectivity index (χ2v) is 5.65. The van der Waals surface area contributed by atoms with Crippen LogP contribution >= 0.6 is 0 Å². The van der Waals surface area contributed by atoms with Gasteiger partial charge in [-0.25, -0.2) is 0 Å². The van der Waals surface area contributed by atoms with Crippen molar-refractivity contribution in [3.63, 3.8) is 0 Å². The van der Waals surface area contributed by atoms with Gasteiger partial charge in [-0.3, -0.25) is 9.98 Å². The third-order valence-corrected chi connectivity index (χ3v) is 4.37. The number of pyridine rings is 1. The Bertz CT molecular complexity index is 1010. The molecule has 3 heteroatoms. The van der Waals surface area contributed by atoms with Crippen LogP contribution in [0.25, 0.3) is 16.8 Å². The highest BCUT2D eigenvalue weighted by Gasteiger charge is 2.33. The van der Waals surface area contributed by atoms with E-state index in [0.29, 0.717) is 0 Å². The second kappa shape index (κ2) is 3.70. The number of hydrogen-bond donors (Lipinski definition) is 0. The van der Waals surface area contributed by atoms with E-state index in [-0.39, 0.29) is 6.04 Å². The van der Waals surface area contributed by atoms with Gasteiger partial charge in [0.1, 0.15) is 6.04 Å². The Morgan fingerprint density at radius 1 is 1.00 bits per heavy atom. The minimum atomic E-state index is 0.0843. The number of nitrogens with zero attached hydrogens (tertiary/aromatic N) is 3. The first-order valence-corrected chi connectivity index (χ1v) is 7.11. The Hall–Kier alpha value is -2.68. The fourth-order valence-corrected chi connectivity index (χ4v) is 3.53. The molecular formula is C18H13N3. The average molecular weight is 271 g/mol. The van der Waals surface area contributed by atoms with Crippen LogP contribution in [0.5, 0.6) is 0 Å². The molecule has 3 aromatic rings. The first kappa shape index (κ1) is 11.0. The lowest BCUT2D eigenvalue weighted by molar-refractivity contribution is 0.902. The highest BCUT2D eigenvalue weighted by atomic mass is 14.9. The fraction of sp³-hybridized carbons (Fsp3) is 0.111. The van der Waals surface area contributed by atoms with Gasteiger partial charge in [0.25, 0.3) is 0 Å². The molecular weight excluding hydrogens is 258 g/mol. The summed E-state index contributed by atoms with van der Waals surface area (Å²) in [6, 6.07) is 12.6. The van der Waals surface area contributed by atoms with Crippen molar-refractivity contribution < 1.29 is 0 Å². The highest BCUT2D eigenvalue weighted by molar-refractivity contribution is 5.89. The van der Waals surface area contributed by atoms with Gasteiger partial charge < -0.3 is 4.57 Å². The Labute approximate surface area is 121 Å². The zero-order chi connectivity index (χ0) is 14.0. The summed E-state index contributed by atoms with van der Waals surface area (Å²) in [7, 11) is 2.06. The van der Waals surface area contributed by atoms with E-state index < -0.39 is 0 Å². The Kier molecular flexibility index (Phi) is 1.94. The van der Waals surface area contributed by atoms with Crippen LogP contribution in [0.4, 0.5) is 0 Å². The van der Waals surface area contributed by atoms with Gasteiger partial charge in [-0.05, 0) is 17.7 Å². The molecule has 0 spiro atoms. The van der Waals surface area contributed by atoms with Crippen LogP contribution in [-0.4, -0.2) is 9.55 Å². The maximum Gasteiger partial charge on any atom is 0.104 e. The van der Waals surface area contributed by atoms with Crippen molar-refractivity contribution in [2.45, 2.75) is 6.04 Å². The molecule has 3 nitrogen and oxygen atoms in total. The van der Waals surface area contributed by atoms with Crippen LogP contribution in [0, 0.1) is 0 Å². The summed E-state index contributed by atoms with van der Waals surface area (Å²) in [4.78, 5) is 9.55. The third-order valence-electron chi connectivity index (χ3n) is 4.37. The number of para-hydroxylation sites is 1. The summed E-state index contributed by atoms with van der Waals surface area (Å²) in [6.45, 7) is 0. The van der Waals surface area contributed by atoms with Crippen LogP contribution in [0.15, 0.2) is 60.0 Å². The predicted octanol–water partition coefficient (Wildman–Crippen LogP) is 1.97. The monoisotopic (exact) mass is 271 g/mol. The van der Waals surface area contributed by atoms with E-state index in [1.54, 1.807) is 0 Å². The molecule has 1 atom stereocenters. The van der Waals surface area contributed by atoms with E-state index in [4.69, 9.17) is 4.99 Å². The van der Waals surface area contributed by atoms with Crippen molar-refractivity contribution in [2.24, 2.45) is 12.0 Å². The van der Waals surface area contributed by atoms with Crippen molar-refractivity contribution in [1.82, 2.24) is 9.55 Å². The van der Waals surface area contributed by atoms with Gasteiger partial charge >= 0.3 is 0 Å². The highest BCUT2D eigenvalue weighted by Crippen LogP contribution is 2.45. The molecule has 0 radical (unpaired) electrons. The topological polar surface area (TPSA) is 30.2 Å². The van der Waals surface area contributed by atoms with Crippen molar-refractivity contribution in [1.29, 1.82) is 0 Å². The molecule has 0 N–H and O–H groups in total. The van der Waals surface area contributed by atoms with Crippen LogP contribution in [-0.2, 0) is 7.05 Å². The van der Waals surface area contributed by atoms with Crippen LogP contribution < -0.4 is 10.6 Å². The van der Waals surface area contributed by atoms with Gasteiger partial charge in [0, 0.05) is 47.5 Å². The molecule has 0 amide bonds. The molecule has 1 aliphatic heterocycles. The molecule has 5 rings (SSSR count). The molecule has 0 saturated heterocycles. The van der Waals surface area contributed by atoms with E-state index in [1.165, 1.54) is 27.5 Å². The molecule has 1 aromatic carbocycles. The van der Waals surface area contributed by atoms with Crippen molar-refractivity contribution in [3.8, 4) is 11.3 Å². The SMILES string of the molecule is Cn1cc2c(c1)-c1ncccc1C1N=c3ccccc3=C21. The number of hydrogen-bond acceptors (Lipinski definition) is 2. The zero-order valence-corrected chi connectivity index (χ0v) is 11.6. The van der Waals surface area contributed by atoms with Crippen molar-refractivity contribution in [2.75, 3.05) is 0 Å². The van der Waals surface area contributed by atoms with Gasteiger partial charge in [-0.1, -0.05) is 24.3 Å². The Morgan fingerprint density at radius 2 is 1.86 bits per heavy atom. The summed E-state index contributed by atoms with van der Waals surface area (Å²) in [6.07, 6.45) is 6.21. The quantitative estimate of drug-likeness (QED) is 0.615. The number of benzene rings is 1. The number of aryl methyl sites for hydroxylation is 1. The predicted molar refractivity (Wildman–Crippen MR) is 81.1 cm³/mol. The van der Waals surface area contributed by atoms with Crippen molar-refractivity contribution in [3.05, 3.63) is 76.7 Å². The van der Waals surface area contributed by atoms with E-state index in [1.807, 2.05) is 12.3 Å². The minimum Gasteiger partial charge on any atom is -0.356 e. The van der Waals surface area contributed by atoms with Gasteiger partial charge in [0.15, 0.2) is 0 Å². The summed E-state index contributed by atoms with van der Waals surface area (Å²) < 4.78 is 2.11. The van der Waals surface area contributed by atoms with E-state index in [2.05, 4.69) is 59.3 Å². The lowest BCUT2D eigenvalue weighted by Gasteiger charge is -2.22. The summed E-state index contributed by atoms with van der Waals surface area (Å²) in [5.74, 6) is 0. The van der Waals surface area contributed by atoms with Gasteiger partial charge in [-0.2, -0.15) is 0 Å². The van der Waals surface area contributed by atoms with Gasteiger partial charge in [-0.15, -0.1) is 0 Å². The molecule has 3 heterocycles. The largest absolute Gasteiger partial charge is 0.356 e. The Morgan fingerprint density at radius 3 is 2.81 bits per heavy atom. The average Bonchev–Trinajstić information content (AvgIpc) is 3.07. The second-order valence-electron chi connectivity index (χ2n) is 5.65. The maximum atomic E-state index is 4.94. The maximum absolute atomic E-state index is 4.94. The van der Waals surface area contributed by atoms with Crippen LogP contribution in [0.2, 0.25) is 0 Å². The van der Waals surface area contributed by atoms with Crippen LogP contribution in [0.1, 0.15) is 17.2 Å². The summed E-state index contributed by atoms with van der Waals surface area (Å²) in [5.41, 5.74) is 6.08. The molecule has 0 saturated carbocycles. The number of fused-ring (bicyclic) bond motifs is 7. The van der Waals surface area contributed by atoms with Crippen LogP contribution in [0.3, 0.4) is 0 Å². The molecule has 0 bridgehead atoms. The molecule has 0 fully saturated rings. The first-order chi connectivity index (χ1) is 10.3. The van der Waals surface area contributed by atoms with E-state index >= 15 is 0 Å². The molecule has 2 aliphatic rings. The molecule has 21 heavy (non-hydrogen) atoms. The standard InChI is InChI=1S/C18H13N3/c1-21-9-13-14(10-21)17-12(6-4-8-19-17)18-16(13)11-5-2-3-7-15(11)20-18/h2-10,18H,1H3. The van der Waals surface area contributed by atoms with Gasteiger partial charge in [0.2, 0.25) is 0 Å². The van der Waals surface area contributed by atoms with Crippen molar-refractivity contribution >= 4 is 5.57 Å². The zero-order valence-electron chi connectivity index (χ0n) is 11.6. The van der Waals surface area contributed by atoms with E-state index in [9.17, 15) is 0 Å². The minimum absolute atomic E-state index is 0.0843. The van der Waals surface area contributed by atoms with E-state index in [0.717, 1.165) is 11.1 Å². The normalized spacial score (nSPS) is 17.6. The summed E-state index contributed by atoms with van der Waals surface area (Å²) in [5, 5.41) is 2.34. The lowest BCUT2D eigenvalue weighted by Crippen LogP contribution is -2.22.